The molecule has 0 aromatic carbocycles. The SMILES string of the molecule is COC(=O)C(COCC(F)F)(NC(C)C)C1CC1. The first kappa shape index (κ1) is 15.3. The highest BCUT2D eigenvalue weighted by molar-refractivity contribution is 5.82. The first-order valence-electron chi connectivity index (χ1n) is 6.14. The van der Waals surface area contributed by atoms with Crippen LogP contribution in [-0.4, -0.2) is 44.3 Å². The van der Waals surface area contributed by atoms with Gasteiger partial charge in [-0.25, -0.2) is 13.6 Å². The van der Waals surface area contributed by atoms with Crippen molar-refractivity contribution in [1.82, 2.24) is 5.32 Å². The predicted octanol–water partition coefficient (Wildman–Crippen LogP) is 1.59. The molecule has 0 aliphatic heterocycles. The Morgan fingerprint density at radius 2 is 2.06 bits per heavy atom. The summed E-state index contributed by atoms with van der Waals surface area (Å²) in [6.45, 7) is 3.05. The van der Waals surface area contributed by atoms with Gasteiger partial charge in [-0.15, -0.1) is 0 Å². The summed E-state index contributed by atoms with van der Waals surface area (Å²) in [5.74, 6) is -0.335. The van der Waals surface area contributed by atoms with Crippen LogP contribution in [0.1, 0.15) is 26.7 Å². The van der Waals surface area contributed by atoms with Crippen LogP contribution in [0.5, 0.6) is 0 Å². The summed E-state index contributed by atoms with van der Waals surface area (Å²) >= 11 is 0. The van der Waals surface area contributed by atoms with Gasteiger partial charge in [0.1, 0.15) is 12.1 Å². The van der Waals surface area contributed by atoms with Crippen LogP contribution in [0.4, 0.5) is 8.78 Å². The van der Waals surface area contributed by atoms with Crippen LogP contribution in [-0.2, 0) is 14.3 Å². The molecule has 1 saturated carbocycles. The van der Waals surface area contributed by atoms with E-state index in [0.29, 0.717) is 0 Å². The Bertz CT molecular complexity index is 282. The minimum Gasteiger partial charge on any atom is -0.468 e. The van der Waals surface area contributed by atoms with Gasteiger partial charge in [-0.2, -0.15) is 0 Å². The molecule has 1 aliphatic carbocycles. The van der Waals surface area contributed by atoms with Crippen molar-refractivity contribution in [2.75, 3.05) is 20.3 Å². The van der Waals surface area contributed by atoms with Gasteiger partial charge >= 0.3 is 5.97 Å². The van der Waals surface area contributed by atoms with E-state index in [1.807, 2.05) is 13.8 Å². The second-order valence-corrected chi connectivity index (χ2v) is 4.94. The van der Waals surface area contributed by atoms with E-state index in [1.54, 1.807) is 0 Å². The quantitative estimate of drug-likeness (QED) is 0.677. The number of methoxy groups -OCH3 is 1. The fourth-order valence-electron chi connectivity index (χ4n) is 2.14. The van der Waals surface area contributed by atoms with Crippen molar-refractivity contribution in [1.29, 1.82) is 0 Å². The highest BCUT2D eigenvalue weighted by Gasteiger charge is 2.52. The van der Waals surface area contributed by atoms with E-state index in [-0.39, 0.29) is 18.6 Å². The fourth-order valence-corrected chi connectivity index (χ4v) is 2.14. The average molecular weight is 265 g/mol. The molecule has 0 aromatic heterocycles. The number of halogens is 2. The first-order valence-corrected chi connectivity index (χ1v) is 6.14. The number of hydrogen-bond donors (Lipinski definition) is 1. The van der Waals surface area contributed by atoms with Crippen LogP contribution in [0.2, 0.25) is 0 Å². The second kappa shape index (κ2) is 6.43. The molecule has 6 heteroatoms. The molecule has 1 N–H and O–H groups in total. The number of esters is 1. The van der Waals surface area contributed by atoms with Gasteiger partial charge in [0.15, 0.2) is 0 Å². The monoisotopic (exact) mass is 265 g/mol. The second-order valence-electron chi connectivity index (χ2n) is 4.94. The topological polar surface area (TPSA) is 47.6 Å². The van der Waals surface area contributed by atoms with Gasteiger partial charge in [-0.1, -0.05) is 0 Å². The summed E-state index contributed by atoms with van der Waals surface area (Å²) in [6, 6.07) is 0.0415. The molecule has 1 rings (SSSR count). The Kier molecular flexibility index (Phi) is 5.47. The summed E-state index contributed by atoms with van der Waals surface area (Å²) in [5, 5.41) is 3.14. The van der Waals surface area contributed by atoms with Gasteiger partial charge < -0.3 is 9.47 Å². The van der Waals surface area contributed by atoms with Gasteiger partial charge in [0.2, 0.25) is 0 Å². The molecule has 18 heavy (non-hydrogen) atoms. The average Bonchev–Trinajstić information content (AvgIpc) is 3.09. The Morgan fingerprint density at radius 3 is 2.44 bits per heavy atom. The summed E-state index contributed by atoms with van der Waals surface area (Å²) in [7, 11) is 1.30. The van der Waals surface area contributed by atoms with Crippen LogP contribution in [0.3, 0.4) is 0 Å². The molecule has 0 heterocycles. The van der Waals surface area contributed by atoms with E-state index in [2.05, 4.69) is 5.32 Å². The smallest absolute Gasteiger partial charge is 0.328 e. The van der Waals surface area contributed by atoms with Crippen molar-refractivity contribution in [2.45, 2.75) is 44.7 Å². The molecule has 1 unspecified atom stereocenters. The van der Waals surface area contributed by atoms with Crippen LogP contribution < -0.4 is 5.32 Å². The lowest BCUT2D eigenvalue weighted by Crippen LogP contribution is -2.60. The normalized spacial score (nSPS) is 19.1. The molecule has 0 saturated heterocycles. The Hall–Kier alpha value is -0.750. The molecule has 4 nitrogen and oxygen atoms in total. The highest BCUT2D eigenvalue weighted by Crippen LogP contribution is 2.41. The summed E-state index contributed by atoms with van der Waals surface area (Å²) in [5.41, 5.74) is -0.988. The third-order valence-corrected chi connectivity index (χ3v) is 2.94. The molecule has 1 aliphatic rings. The van der Waals surface area contributed by atoms with Crippen molar-refractivity contribution >= 4 is 5.97 Å². The number of carbonyl (C=O) groups is 1. The number of nitrogens with one attached hydrogen (secondary N) is 1. The maximum atomic E-state index is 12.1. The molecule has 0 radical (unpaired) electrons. The van der Waals surface area contributed by atoms with Gasteiger partial charge in [-0.05, 0) is 32.6 Å². The summed E-state index contributed by atoms with van der Waals surface area (Å²) in [4.78, 5) is 12.0. The zero-order valence-corrected chi connectivity index (χ0v) is 11.0. The molecule has 0 spiro atoms. The zero-order valence-electron chi connectivity index (χ0n) is 11.0. The maximum Gasteiger partial charge on any atom is 0.328 e. The molecule has 1 fully saturated rings. The molecular formula is C12H21F2NO3. The standard InChI is InChI=1S/C12H21F2NO3/c1-8(2)15-12(9-4-5-9,11(16)17-3)7-18-6-10(13)14/h8-10,15H,4-7H2,1-3H3. The minimum atomic E-state index is -2.53. The third kappa shape index (κ3) is 3.88. The van der Waals surface area contributed by atoms with Crippen LogP contribution in [0.15, 0.2) is 0 Å². The van der Waals surface area contributed by atoms with Crippen molar-refractivity contribution in [3.8, 4) is 0 Å². The van der Waals surface area contributed by atoms with Crippen LogP contribution in [0, 0.1) is 5.92 Å². The van der Waals surface area contributed by atoms with Crippen LogP contribution >= 0.6 is 0 Å². The van der Waals surface area contributed by atoms with Crippen molar-refractivity contribution in [2.24, 2.45) is 5.92 Å². The molecular weight excluding hydrogens is 244 g/mol. The summed E-state index contributed by atoms with van der Waals surface area (Å²) in [6.07, 6.45) is -0.765. The van der Waals surface area contributed by atoms with Crippen molar-refractivity contribution in [3.05, 3.63) is 0 Å². The summed E-state index contributed by atoms with van der Waals surface area (Å²) < 4.78 is 34.0. The molecule has 106 valence electrons. The first-order chi connectivity index (χ1) is 8.42. The van der Waals surface area contributed by atoms with Crippen molar-refractivity contribution in [3.63, 3.8) is 0 Å². The highest BCUT2D eigenvalue weighted by atomic mass is 19.3. The van der Waals surface area contributed by atoms with E-state index >= 15 is 0 Å². The number of hydrogen-bond acceptors (Lipinski definition) is 4. The minimum absolute atomic E-state index is 0.0415. The van der Waals surface area contributed by atoms with Gasteiger partial charge in [0, 0.05) is 6.04 Å². The largest absolute Gasteiger partial charge is 0.468 e. The Balaban J connectivity index is 2.73. The maximum absolute atomic E-state index is 12.1. The van der Waals surface area contributed by atoms with Gasteiger partial charge in [0.05, 0.1) is 13.7 Å². The van der Waals surface area contributed by atoms with Crippen LogP contribution in [0.25, 0.3) is 0 Å². The number of ether oxygens (including phenoxy) is 2. The Labute approximate surface area is 106 Å². The molecule has 0 aromatic rings. The lowest BCUT2D eigenvalue weighted by molar-refractivity contribution is -0.154. The lowest BCUT2D eigenvalue weighted by Gasteiger charge is -2.34. The fraction of sp³-hybridized carbons (Fsp3) is 0.917. The number of rotatable bonds is 8. The molecule has 0 amide bonds. The molecule has 1 atom stereocenters. The number of carbonyl (C=O) groups excluding carboxylic acids is 1. The Morgan fingerprint density at radius 1 is 1.44 bits per heavy atom. The van der Waals surface area contributed by atoms with Crippen molar-refractivity contribution < 1.29 is 23.0 Å². The van der Waals surface area contributed by atoms with E-state index in [4.69, 9.17) is 9.47 Å². The van der Waals surface area contributed by atoms with Gasteiger partial charge in [0.25, 0.3) is 6.43 Å². The number of alkyl halides is 2. The predicted molar refractivity (Wildman–Crippen MR) is 62.6 cm³/mol. The zero-order chi connectivity index (χ0) is 13.8. The third-order valence-electron chi connectivity index (χ3n) is 2.94. The van der Waals surface area contributed by atoms with E-state index < -0.39 is 24.5 Å². The van der Waals surface area contributed by atoms with E-state index in [1.165, 1.54) is 7.11 Å². The van der Waals surface area contributed by atoms with E-state index in [0.717, 1.165) is 12.8 Å². The van der Waals surface area contributed by atoms with E-state index in [9.17, 15) is 13.6 Å². The lowest BCUT2D eigenvalue weighted by atomic mass is 9.93. The van der Waals surface area contributed by atoms with Gasteiger partial charge in [-0.3, -0.25) is 5.32 Å². The molecule has 0 bridgehead atoms.